The molecule has 0 radical (unpaired) electrons. The first-order valence-corrected chi connectivity index (χ1v) is 12.2. The van der Waals surface area contributed by atoms with Crippen molar-refractivity contribution in [1.29, 1.82) is 10.7 Å². The molecule has 1 aliphatic heterocycles. The first-order chi connectivity index (χ1) is 15.2. The zero-order valence-electron chi connectivity index (χ0n) is 17.6. The van der Waals surface area contributed by atoms with Crippen molar-refractivity contribution in [2.24, 2.45) is 0 Å². The highest BCUT2D eigenvalue weighted by Gasteiger charge is 2.34. The van der Waals surface area contributed by atoms with Gasteiger partial charge in [-0.2, -0.15) is 5.26 Å². The van der Waals surface area contributed by atoms with E-state index in [1.165, 1.54) is 0 Å². The van der Waals surface area contributed by atoms with Crippen molar-refractivity contribution in [3.05, 3.63) is 91.0 Å². The molecule has 162 valence electrons. The average Bonchev–Trinajstić information content (AvgIpc) is 3.23. The lowest BCUT2D eigenvalue weighted by molar-refractivity contribution is -0.113. The van der Waals surface area contributed by atoms with Gasteiger partial charge in [0.05, 0.1) is 12.4 Å². The Hall–Kier alpha value is -2.93. The number of likely N-dealkylation sites (tertiary alicyclic amines) is 1. The Bertz CT molecular complexity index is 1080. The van der Waals surface area contributed by atoms with Crippen LogP contribution in [0.4, 0.5) is 0 Å². The van der Waals surface area contributed by atoms with Crippen molar-refractivity contribution < 1.29 is 4.79 Å². The molecule has 0 atom stereocenters. The molecule has 0 aliphatic carbocycles. The molecule has 6 heteroatoms. The zero-order valence-corrected chi connectivity index (χ0v) is 20.3. The van der Waals surface area contributed by atoms with Crippen molar-refractivity contribution in [2.75, 3.05) is 13.1 Å². The number of halogens is 1. The van der Waals surface area contributed by atoms with E-state index in [9.17, 15) is 10.1 Å². The normalized spacial score (nSPS) is 13.2. The first kappa shape index (κ1) is 23.7. The van der Waals surface area contributed by atoms with Crippen LogP contribution in [-0.4, -0.2) is 34.9 Å². The number of benzene rings is 3. The minimum Gasteiger partial charge on any atom is -0.353 e. The summed E-state index contributed by atoms with van der Waals surface area (Å²) < 4.78 is 0. The van der Waals surface area contributed by atoms with Gasteiger partial charge in [-0.15, -0.1) is 17.0 Å². The Balaban J connectivity index is 0.00000289. The van der Waals surface area contributed by atoms with E-state index < -0.39 is 6.89 Å². The second kappa shape index (κ2) is 10.6. The molecule has 3 aromatic rings. The number of Topliss-reactive ketones (excluding diaryl/α,β-unsaturated/α-hetero) is 1. The Morgan fingerprint density at radius 1 is 0.875 bits per heavy atom. The molecule has 0 spiro atoms. The molecule has 0 bridgehead atoms. The molecule has 4 nitrogen and oxygen atoms in total. The summed E-state index contributed by atoms with van der Waals surface area (Å²) in [6, 6.07) is 32.1. The first-order valence-electron chi connectivity index (χ1n) is 10.4. The number of hydrogen-bond acceptors (Lipinski definition) is 3. The fourth-order valence-corrected chi connectivity index (χ4v) is 8.39. The number of nitriles is 1. The van der Waals surface area contributed by atoms with Crippen molar-refractivity contribution in [3.63, 3.8) is 0 Å². The molecule has 1 saturated heterocycles. The molecular weight excluding hydrogens is 481 g/mol. The number of carbonyl (C=O) groups excluding carboxylic acids is 1. The van der Waals surface area contributed by atoms with Gasteiger partial charge in [0.25, 0.3) is 0 Å². The zero-order chi connectivity index (χ0) is 21.7. The summed E-state index contributed by atoms with van der Waals surface area (Å²) in [6.45, 7) is -1.92. The number of ketones is 1. The standard InChI is InChI=1S/C26H24N3OP.BrH/c27-19-25(24(30)20-29-18-10-17-26(29)28)31(21-11-4-1-5-12-21,22-13-6-2-7-14-22)23-15-8-3-9-16-23;/h1-9,11-16,28H,10,17-18,20H2;1H. The lowest BCUT2D eigenvalue weighted by Crippen LogP contribution is -2.38. The van der Waals surface area contributed by atoms with Gasteiger partial charge in [0.1, 0.15) is 11.4 Å². The molecule has 0 aromatic heterocycles. The monoisotopic (exact) mass is 505 g/mol. The van der Waals surface area contributed by atoms with Crippen LogP contribution in [0.15, 0.2) is 91.0 Å². The van der Waals surface area contributed by atoms with Crippen molar-refractivity contribution in [1.82, 2.24) is 4.90 Å². The van der Waals surface area contributed by atoms with E-state index in [-0.39, 0.29) is 34.6 Å². The summed E-state index contributed by atoms with van der Waals surface area (Å²) in [5, 5.41) is 21.8. The lowest BCUT2D eigenvalue weighted by Gasteiger charge is -2.30. The van der Waals surface area contributed by atoms with Crippen LogP contribution >= 0.6 is 23.9 Å². The Morgan fingerprint density at radius 2 is 1.31 bits per heavy atom. The largest absolute Gasteiger partial charge is 0.353 e. The molecular formula is C26H25BrN3OP. The highest BCUT2D eigenvalue weighted by Crippen LogP contribution is 2.46. The number of carbonyl (C=O) groups is 1. The van der Waals surface area contributed by atoms with E-state index in [2.05, 4.69) is 6.07 Å². The van der Waals surface area contributed by atoms with E-state index in [1.807, 2.05) is 91.0 Å². The maximum absolute atomic E-state index is 13.7. The van der Waals surface area contributed by atoms with Crippen LogP contribution in [0, 0.1) is 16.7 Å². The molecule has 1 heterocycles. The summed E-state index contributed by atoms with van der Waals surface area (Å²) in [6.07, 6.45) is 1.57. The lowest BCUT2D eigenvalue weighted by atomic mass is 10.3. The Kier molecular flexibility index (Phi) is 7.85. The summed E-state index contributed by atoms with van der Waals surface area (Å²) in [4.78, 5) is 15.5. The summed E-state index contributed by atoms with van der Waals surface area (Å²) in [5.74, 6) is 0.285. The second-order valence-electron chi connectivity index (χ2n) is 7.53. The van der Waals surface area contributed by atoms with E-state index in [4.69, 9.17) is 5.41 Å². The highest BCUT2D eigenvalue weighted by molar-refractivity contribution is 8.93. The molecule has 32 heavy (non-hydrogen) atoms. The summed E-state index contributed by atoms with van der Waals surface area (Å²) >= 11 is 0. The Labute approximate surface area is 199 Å². The van der Waals surface area contributed by atoms with Gasteiger partial charge in [-0.1, -0.05) is 91.0 Å². The third-order valence-electron chi connectivity index (χ3n) is 5.69. The van der Waals surface area contributed by atoms with Crippen LogP contribution in [0.5, 0.6) is 0 Å². The van der Waals surface area contributed by atoms with Gasteiger partial charge in [-0.25, -0.2) is 0 Å². The molecule has 0 amide bonds. The quantitative estimate of drug-likeness (QED) is 0.516. The molecule has 1 N–H and O–H groups in total. The van der Waals surface area contributed by atoms with Gasteiger partial charge in [0, 0.05) is 13.0 Å². The maximum Gasteiger partial charge on any atom is 0.193 e. The third-order valence-corrected chi connectivity index (χ3v) is 9.93. The van der Waals surface area contributed by atoms with Crippen LogP contribution in [0.25, 0.3) is 0 Å². The molecule has 4 rings (SSSR count). The number of hydrogen-bond donors (Lipinski definition) is 1. The summed E-state index contributed by atoms with van der Waals surface area (Å²) in [5.41, 5.74) is 0. The predicted molar refractivity (Wildman–Crippen MR) is 140 cm³/mol. The van der Waals surface area contributed by atoms with Crippen LogP contribution in [0.1, 0.15) is 12.8 Å². The van der Waals surface area contributed by atoms with Crippen LogP contribution < -0.4 is 15.9 Å². The fraction of sp³-hybridized carbons (Fsp3) is 0.154. The van der Waals surface area contributed by atoms with Crippen LogP contribution in [-0.2, 0) is 4.79 Å². The SMILES string of the molecule is Br.N#CC(C(=O)CN1CCCC1=N)=P(c1ccccc1)(c1ccccc1)c1ccccc1. The maximum atomic E-state index is 13.7. The predicted octanol–water partition coefficient (Wildman–Crippen LogP) is 3.90. The summed E-state index contributed by atoms with van der Waals surface area (Å²) in [7, 11) is 0. The van der Waals surface area contributed by atoms with E-state index in [1.54, 1.807) is 4.90 Å². The highest BCUT2D eigenvalue weighted by atomic mass is 79.9. The fourth-order valence-electron chi connectivity index (χ4n) is 4.27. The second-order valence-corrected chi connectivity index (χ2v) is 10.9. The van der Waals surface area contributed by atoms with Gasteiger partial charge >= 0.3 is 0 Å². The number of nitrogens with one attached hydrogen (secondary N) is 1. The van der Waals surface area contributed by atoms with Crippen molar-refractivity contribution >= 4 is 56.7 Å². The molecule has 0 unspecified atom stereocenters. The van der Waals surface area contributed by atoms with Crippen molar-refractivity contribution in [2.45, 2.75) is 12.8 Å². The van der Waals surface area contributed by atoms with Crippen LogP contribution in [0.2, 0.25) is 0 Å². The van der Waals surface area contributed by atoms with Crippen LogP contribution in [0.3, 0.4) is 0 Å². The topological polar surface area (TPSA) is 68.0 Å². The Morgan fingerprint density at radius 3 is 1.66 bits per heavy atom. The van der Waals surface area contributed by atoms with Gasteiger partial charge in [-0.3, -0.25) is 10.2 Å². The van der Waals surface area contributed by atoms with E-state index in [0.717, 1.165) is 22.3 Å². The molecule has 1 fully saturated rings. The average molecular weight is 506 g/mol. The van der Waals surface area contributed by atoms with E-state index >= 15 is 0 Å². The minimum absolute atomic E-state index is 0. The van der Waals surface area contributed by atoms with Gasteiger partial charge in [0.15, 0.2) is 5.78 Å². The molecule has 3 aromatic carbocycles. The minimum atomic E-state index is -2.69. The third kappa shape index (κ3) is 4.35. The van der Waals surface area contributed by atoms with Crippen molar-refractivity contribution in [3.8, 4) is 6.07 Å². The number of rotatable bonds is 6. The number of nitrogens with zero attached hydrogens (tertiary/aromatic N) is 2. The van der Waals surface area contributed by atoms with Gasteiger partial charge in [0.2, 0.25) is 0 Å². The van der Waals surface area contributed by atoms with Gasteiger partial charge < -0.3 is 4.90 Å². The molecule has 1 aliphatic rings. The van der Waals surface area contributed by atoms with Gasteiger partial charge in [-0.05, 0) is 29.2 Å². The van der Waals surface area contributed by atoms with E-state index in [0.29, 0.717) is 18.8 Å². The molecule has 0 saturated carbocycles. The smallest absolute Gasteiger partial charge is 0.193 e. The number of amidine groups is 1.